The summed E-state index contributed by atoms with van der Waals surface area (Å²) in [5.74, 6) is 0.412. The Labute approximate surface area is 116 Å². The molecule has 5 heteroatoms. The highest BCUT2D eigenvalue weighted by molar-refractivity contribution is 7.89. The van der Waals surface area contributed by atoms with E-state index in [-0.39, 0.29) is 6.04 Å². The number of hydrogen-bond acceptors (Lipinski definition) is 3. The zero-order chi connectivity index (χ0) is 14.5. The minimum absolute atomic E-state index is 0.0978. The van der Waals surface area contributed by atoms with E-state index in [1.165, 1.54) is 0 Å². The third-order valence-electron chi connectivity index (χ3n) is 3.10. The molecule has 1 aromatic carbocycles. The molecule has 1 rings (SSSR count). The lowest BCUT2D eigenvalue weighted by atomic mass is 9.97. The first-order valence-electron chi connectivity index (χ1n) is 6.71. The fourth-order valence-electron chi connectivity index (χ4n) is 1.63. The second-order valence-corrected chi connectivity index (χ2v) is 6.92. The summed E-state index contributed by atoms with van der Waals surface area (Å²) in [5.41, 5.74) is 7.07. The van der Waals surface area contributed by atoms with E-state index in [0.29, 0.717) is 17.4 Å². The van der Waals surface area contributed by atoms with Crippen molar-refractivity contribution in [2.75, 3.05) is 6.54 Å². The minimum atomic E-state index is -3.37. The van der Waals surface area contributed by atoms with Gasteiger partial charge in [-0.1, -0.05) is 32.9 Å². The Bertz CT molecular complexity index is 481. The summed E-state index contributed by atoms with van der Waals surface area (Å²) in [6, 6.07) is 7.05. The van der Waals surface area contributed by atoms with Gasteiger partial charge >= 0.3 is 0 Å². The van der Waals surface area contributed by atoms with Crippen LogP contribution in [0.5, 0.6) is 0 Å². The van der Waals surface area contributed by atoms with Gasteiger partial charge in [-0.15, -0.1) is 0 Å². The van der Waals surface area contributed by atoms with Crippen molar-refractivity contribution >= 4 is 10.0 Å². The van der Waals surface area contributed by atoms with Crippen molar-refractivity contribution in [3.8, 4) is 0 Å². The molecule has 0 bridgehead atoms. The van der Waals surface area contributed by atoms with Gasteiger partial charge in [0.2, 0.25) is 10.0 Å². The van der Waals surface area contributed by atoms with Crippen LogP contribution in [0.4, 0.5) is 0 Å². The third kappa shape index (κ3) is 4.93. The Balaban J connectivity index is 2.76. The Morgan fingerprint density at radius 2 is 1.79 bits per heavy atom. The highest BCUT2D eigenvalue weighted by Crippen LogP contribution is 2.13. The van der Waals surface area contributed by atoms with Gasteiger partial charge in [-0.25, -0.2) is 13.1 Å². The van der Waals surface area contributed by atoms with Crippen molar-refractivity contribution in [3.05, 3.63) is 29.8 Å². The van der Waals surface area contributed by atoms with Crippen LogP contribution in [0.15, 0.2) is 29.2 Å². The standard InChI is InChI=1S/C14H24N2O2S/c1-4-9-16-19(17,18)13-7-5-12(6-8-13)10-14(15)11(2)3/h5-8,11,14,16H,4,9-10,15H2,1-3H3. The molecule has 3 N–H and O–H groups in total. The molecule has 1 aromatic rings. The van der Waals surface area contributed by atoms with Gasteiger partial charge in [-0.05, 0) is 36.5 Å². The van der Waals surface area contributed by atoms with Crippen molar-refractivity contribution < 1.29 is 8.42 Å². The van der Waals surface area contributed by atoms with E-state index in [1.807, 2.05) is 19.1 Å². The molecule has 0 aliphatic carbocycles. The minimum Gasteiger partial charge on any atom is -0.327 e. The average molecular weight is 284 g/mol. The SMILES string of the molecule is CCCNS(=O)(=O)c1ccc(CC(N)C(C)C)cc1. The zero-order valence-corrected chi connectivity index (χ0v) is 12.7. The Kier molecular flexibility index (Phi) is 5.97. The van der Waals surface area contributed by atoms with Crippen LogP contribution in [0.3, 0.4) is 0 Å². The van der Waals surface area contributed by atoms with E-state index < -0.39 is 10.0 Å². The molecule has 0 heterocycles. The lowest BCUT2D eigenvalue weighted by Gasteiger charge is -2.15. The first kappa shape index (κ1) is 16.1. The monoisotopic (exact) mass is 284 g/mol. The fraction of sp³-hybridized carbons (Fsp3) is 0.571. The molecule has 108 valence electrons. The Morgan fingerprint density at radius 3 is 2.26 bits per heavy atom. The molecule has 0 aliphatic heterocycles. The van der Waals surface area contributed by atoms with E-state index in [1.54, 1.807) is 12.1 Å². The lowest BCUT2D eigenvalue weighted by Crippen LogP contribution is -2.28. The third-order valence-corrected chi connectivity index (χ3v) is 4.58. The van der Waals surface area contributed by atoms with Gasteiger partial charge in [-0.3, -0.25) is 0 Å². The van der Waals surface area contributed by atoms with Crippen molar-refractivity contribution in [1.29, 1.82) is 0 Å². The van der Waals surface area contributed by atoms with E-state index in [9.17, 15) is 8.42 Å². The van der Waals surface area contributed by atoms with Crippen LogP contribution in [-0.2, 0) is 16.4 Å². The first-order chi connectivity index (χ1) is 8.86. The number of hydrogen-bond donors (Lipinski definition) is 2. The van der Waals surface area contributed by atoms with E-state index in [2.05, 4.69) is 18.6 Å². The molecule has 0 saturated heterocycles. The van der Waals surface area contributed by atoms with Gasteiger partial charge in [0.15, 0.2) is 0 Å². The number of benzene rings is 1. The topological polar surface area (TPSA) is 72.2 Å². The van der Waals surface area contributed by atoms with E-state index in [4.69, 9.17) is 5.73 Å². The van der Waals surface area contributed by atoms with Crippen LogP contribution in [-0.4, -0.2) is 21.0 Å². The van der Waals surface area contributed by atoms with Crippen LogP contribution >= 0.6 is 0 Å². The maximum atomic E-state index is 11.9. The number of nitrogens with two attached hydrogens (primary N) is 1. The van der Waals surface area contributed by atoms with E-state index >= 15 is 0 Å². The van der Waals surface area contributed by atoms with Gasteiger partial charge in [0.1, 0.15) is 0 Å². The van der Waals surface area contributed by atoms with Gasteiger partial charge in [0.05, 0.1) is 4.90 Å². The summed E-state index contributed by atoms with van der Waals surface area (Å²) in [4.78, 5) is 0.308. The molecular weight excluding hydrogens is 260 g/mol. The van der Waals surface area contributed by atoms with Crippen LogP contribution in [0.2, 0.25) is 0 Å². The molecule has 0 aromatic heterocycles. The molecule has 0 aliphatic rings. The predicted octanol–water partition coefficient (Wildman–Crippen LogP) is 1.90. The molecule has 4 nitrogen and oxygen atoms in total. The van der Waals surface area contributed by atoms with Crippen molar-refractivity contribution in [2.24, 2.45) is 11.7 Å². The number of sulfonamides is 1. The van der Waals surface area contributed by atoms with Crippen LogP contribution in [0, 0.1) is 5.92 Å². The summed E-state index contributed by atoms with van der Waals surface area (Å²) in [5, 5.41) is 0. The molecule has 0 spiro atoms. The summed E-state index contributed by atoms with van der Waals surface area (Å²) >= 11 is 0. The number of rotatable bonds is 7. The van der Waals surface area contributed by atoms with Crippen LogP contribution in [0.25, 0.3) is 0 Å². The molecule has 1 atom stereocenters. The zero-order valence-electron chi connectivity index (χ0n) is 11.9. The molecule has 0 fully saturated rings. The highest BCUT2D eigenvalue weighted by atomic mass is 32.2. The quantitative estimate of drug-likeness (QED) is 0.803. The van der Waals surface area contributed by atoms with Crippen molar-refractivity contribution in [2.45, 2.75) is 44.6 Å². The van der Waals surface area contributed by atoms with Crippen LogP contribution < -0.4 is 10.5 Å². The van der Waals surface area contributed by atoms with Crippen molar-refractivity contribution in [1.82, 2.24) is 4.72 Å². The molecule has 1 unspecified atom stereocenters. The second-order valence-electron chi connectivity index (χ2n) is 5.15. The summed E-state index contributed by atoms with van der Waals surface area (Å²) in [6.07, 6.45) is 1.54. The first-order valence-corrected chi connectivity index (χ1v) is 8.19. The van der Waals surface area contributed by atoms with E-state index in [0.717, 1.165) is 18.4 Å². The Morgan fingerprint density at radius 1 is 1.21 bits per heavy atom. The fourth-order valence-corrected chi connectivity index (χ4v) is 2.77. The summed E-state index contributed by atoms with van der Waals surface area (Å²) < 4.78 is 26.3. The van der Waals surface area contributed by atoms with Gasteiger partial charge in [0.25, 0.3) is 0 Å². The number of nitrogens with one attached hydrogen (secondary N) is 1. The molecule has 0 amide bonds. The maximum Gasteiger partial charge on any atom is 0.240 e. The predicted molar refractivity (Wildman–Crippen MR) is 78.4 cm³/mol. The largest absolute Gasteiger partial charge is 0.327 e. The molecule has 0 radical (unpaired) electrons. The highest BCUT2D eigenvalue weighted by Gasteiger charge is 2.13. The van der Waals surface area contributed by atoms with Crippen LogP contribution in [0.1, 0.15) is 32.8 Å². The maximum absolute atomic E-state index is 11.9. The van der Waals surface area contributed by atoms with Gasteiger partial charge < -0.3 is 5.73 Å². The molecule has 0 saturated carbocycles. The normalized spacial score (nSPS) is 13.7. The molecule has 19 heavy (non-hydrogen) atoms. The Hall–Kier alpha value is -0.910. The van der Waals surface area contributed by atoms with Crippen molar-refractivity contribution in [3.63, 3.8) is 0 Å². The molecular formula is C14H24N2O2S. The van der Waals surface area contributed by atoms with Gasteiger partial charge in [0, 0.05) is 12.6 Å². The summed E-state index contributed by atoms with van der Waals surface area (Å²) in [7, 11) is -3.37. The average Bonchev–Trinajstić information content (AvgIpc) is 2.37. The lowest BCUT2D eigenvalue weighted by molar-refractivity contribution is 0.490. The van der Waals surface area contributed by atoms with Gasteiger partial charge in [-0.2, -0.15) is 0 Å². The second kappa shape index (κ2) is 7.03. The summed E-state index contributed by atoms with van der Waals surface area (Å²) in [6.45, 7) is 6.55. The smallest absolute Gasteiger partial charge is 0.240 e.